The second kappa shape index (κ2) is 11.2. The molecule has 1 fully saturated rings. The van der Waals surface area contributed by atoms with Gasteiger partial charge in [-0.3, -0.25) is 0 Å². The summed E-state index contributed by atoms with van der Waals surface area (Å²) in [7, 11) is 0. The van der Waals surface area contributed by atoms with Crippen LogP contribution in [0.4, 0.5) is 8.78 Å². The van der Waals surface area contributed by atoms with Gasteiger partial charge in [0.2, 0.25) is 5.82 Å². The normalized spacial score (nSPS) is 18.9. The van der Waals surface area contributed by atoms with Crippen molar-refractivity contribution in [2.45, 2.75) is 71.1 Å². The van der Waals surface area contributed by atoms with Crippen molar-refractivity contribution < 1.29 is 18.3 Å². The largest absolute Gasteiger partial charge is 0.420 e. The van der Waals surface area contributed by atoms with E-state index in [-0.39, 0.29) is 0 Å². The third kappa shape index (κ3) is 6.38. The molecule has 3 rings (SSSR count). The number of halogens is 2. The molecule has 30 heavy (non-hydrogen) atoms. The van der Waals surface area contributed by atoms with Gasteiger partial charge in [0, 0.05) is 0 Å². The molecule has 0 bridgehead atoms. The van der Waals surface area contributed by atoms with Gasteiger partial charge in [0.25, 0.3) is 0 Å². The first-order valence-electron chi connectivity index (χ1n) is 11.3. The Hall–Kier alpha value is -2.23. The molecule has 1 aliphatic rings. The Balaban J connectivity index is 1.44. The molecule has 0 atom stereocenters. The summed E-state index contributed by atoms with van der Waals surface area (Å²) in [6, 6.07) is 10.8. The van der Waals surface area contributed by atoms with Crippen molar-refractivity contribution >= 4 is 5.97 Å². The van der Waals surface area contributed by atoms with Gasteiger partial charge in [-0.15, -0.1) is 0 Å². The van der Waals surface area contributed by atoms with Crippen molar-refractivity contribution in [2.24, 2.45) is 11.8 Å². The second-order valence-electron chi connectivity index (χ2n) is 8.56. The van der Waals surface area contributed by atoms with E-state index in [1.54, 1.807) is 12.1 Å². The number of esters is 1. The van der Waals surface area contributed by atoms with Gasteiger partial charge in [0.1, 0.15) is 0 Å². The molecule has 0 aliphatic heterocycles. The minimum absolute atomic E-state index is 0.329. The van der Waals surface area contributed by atoms with Crippen LogP contribution in [0.15, 0.2) is 42.5 Å². The molecule has 0 saturated heterocycles. The molecule has 1 aliphatic carbocycles. The molecule has 0 amide bonds. The third-order valence-electron chi connectivity index (χ3n) is 6.33. The quantitative estimate of drug-likeness (QED) is 0.241. The van der Waals surface area contributed by atoms with Crippen molar-refractivity contribution in [2.75, 3.05) is 0 Å². The van der Waals surface area contributed by atoms with E-state index >= 15 is 0 Å². The van der Waals surface area contributed by atoms with Crippen LogP contribution in [0.1, 0.15) is 80.6 Å². The van der Waals surface area contributed by atoms with E-state index in [2.05, 4.69) is 6.92 Å². The van der Waals surface area contributed by atoms with E-state index in [0.29, 0.717) is 5.56 Å². The fourth-order valence-corrected chi connectivity index (χ4v) is 4.39. The summed E-state index contributed by atoms with van der Waals surface area (Å²) in [5, 5.41) is 0. The van der Waals surface area contributed by atoms with Crippen LogP contribution >= 0.6 is 0 Å². The van der Waals surface area contributed by atoms with Crippen LogP contribution in [0.3, 0.4) is 0 Å². The van der Waals surface area contributed by atoms with Crippen LogP contribution in [0.5, 0.6) is 5.75 Å². The molecule has 1 saturated carbocycles. The van der Waals surface area contributed by atoms with Crippen molar-refractivity contribution in [3.8, 4) is 5.75 Å². The van der Waals surface area contributed by atoms with Gasteiger partial charge in [0.15, 0.2) is 11.6 Å². The second-order valence-corrected chi connectivity index (χ2v) is 8.56. The van der Waals surface area contributed by atoms with Crippen LogP contribution in [-0.4, -0.2) is 5.97 Å². The lowest BCUT2D eigenvalue weighted by Crippen LogP contribution is -2.15. The minimum atomic E-state index is -1.15. The predicted octanol–water partition coefficient (Wildman–Crippen LogP) is 7.50. The first-order chi connectivity index (χ1) is 14.6. The Morgan fingerprint density at radius 1 is 0.933 bits per heavy atom. The first-order valence-corrected chi connectivity index (χ1v) is 11.3. The van der Waals surface area contributed by atoms with Gasteiger partial charge in [-0.25, -0.2) is 9.18 Å². The molecular weight excluding hydrogens is 382 g/mol. The van der Waals surface area contributed by atoms with E-state index in [0.717, 1.165) is 24.3 Å². The highest BCUT2D eigenvalue weighted by atomic mass is 19.2. The summed E-state index contributed by atoms with van der Waals surface area (Å²) in [6.07, 6.45) is 13.0. The SMILES string of the molecule is CCCCC[C@H]1CC[C@H](CCc2ccc(C(=O)Oc3cccc(F)c3F)cc2)CC1. The molecular formula is C26H32F2O2. The van der Waals surface area contributed by atoms with Gasteiger partial charge >= 0.3 is 5.97 Å². The first kappa shape index (κ1) is 22.5. The Labute approximate surface area is 178 Å². The van der Waals surface area contributed by atoms with Crippen LogP contribution in [0.25, 0.3) is 0 Å². The number of unbranched alkanes of at least 4 members (excludes halogenated alkanes) is 2. The Bertz CT molecular complexity index is 808. The van der Waals surface area contributed by atoms with Crippen molar-refractivity contribution in [1.29, 1.82) is 0 Å². The van der Waals surface area contributed by atoms with Crippen molar-refractivity contribution in [1.82, 2.24) is 0 Å². The van der Waals surface area contributed by atoms with Crippen molar-refractivity contribution in [3.05, 3.63) is 65.2 Å². The highest BCUT2D eigenvalue weighted by molar-refractivity contribution is 5.91. The van der Waals surface area contributed by atoms with Crippen molar-refractivity contribution in [3.63, 3.8) is 0 Å². The molecule has 0 heterocycles. The number of carbonyl (C=O) groups excluding carboxylic acids is 1. The summed E-state index contributed by atoms with van der Waals surface area (Å²) in [4.78, 5) is 12.2. The molecule has 0 aromatic heterocycles. The standard InChI is InChI=1S/C26H32F2O2/c1-2-3-4-6-19-9-11-20(12-10-19)13-14-21-15-17-22(18-16-21)26(29)30-24-8-5-7-23(27)25(24)28/h5,7-8,15-20H,2-4,6,9-14H2,1H3/t19-,20-. The van der Waals surface area contributed by atoms with Crippen LogP contribution in [-0.2, 0) is 6.42 Å². The van der Waals surface area contributed by atoms with E-state index < -0.39 is 23.4 Å². The zero-order valence-electron chi connectivity index (χ0n) is 17.8. The average Bonchev–Trinajstić information content (AvgIpc) is 2.77. The number of aryl methyl sites for hydroxylation is 1. The highest BCUT2D eigenvalue weighted by Gasteiger charge is 2.21. The Kier molecular flexibility index (Phi) is 8.41. The molecule has 0 spiro atoms. The maximum absolute atomic E-state index is 13.7. The molecule has 162 valence electrons. The number of benzene rings is 2. The zero-order valence-corrected chi connectivity index (χ0v) is 17.8. The summed E-state index contributed by atoms with van der Waals surface area (Å²) in [6.45, 7) is 2.26. The maximum atomic E-state index is 13.7. The molecule has 2 nitrogen and oxygen atoms in total. The Morgan fingerprint density at radius 2 is 1.60 bits per heavy atom. The van der Waals surface area contributed by atoms with Gasteiger partial charge in [-0.05, 0) is 54.5 Å². The summed E-state index contributed by atoms with van der Waals surface area (Å²) in [5.41, 5.74) is 1.52. The van der Waals surface area contributed by atoms with E-state index in [9.17, 15) is 13.6 Å². The monoisotopic (exact) mass is 414 g/mol. The molecule has 0 N–H and O–H groups in total. The van der Waals surface area contributed by atoms with E-state index in [4.69, 9.17) is 4.74 Å². The fraction of sp³-hybridized carbons (Fsp3) is 0.500. The van der Waals surface area contributed by atoms with Gasteiger partial charge in [-0.2, -0.15) is 4.39 Å². The lowest BCUT2D eigenvalue weighted by atomic mass is 9.78. The minimum Gasteiger partial charge on any atom is -0.420 e. The number of ether oxygens (including phenoxy) is 1. The molecule has 0 unspecified atom stereocenters. The number of rotatable bonds is 9. The van der Waals surface area contributed by atoms with Gasteiger partial charge < -0.3 is 4.74 Å². The van der Waals surface area contributed by atoms with Gasteiger partial charge in [-0.1, -0.05) is 76.5 Å². The summed E-state index contributed by atoms with van der Waals surface area (Å²) in [5.74, 6) is -1.54. The molecule has 2 aromatic carbocycles. The summed E-state index contributed by atoms with van der Waals surface area (Å²) < 4.78 is 31.9. The molecule has 4 heteroatoms. The predicted molar refractivity (Wildman–Crippen MR) is 116 cm³/mol. The van der Waals surface area contributed by atoms with E-state index in [1.165, 1.54) is 75.5 Å². The van der Waals surface area contributed by atoms with E-state index in [1.807, 2.05) is 12.1 Å². The fourth-order valence-electron chi connectivity index (χ4n) is 4.39. The topological polar surface area (TPSA) is 26.3 Å². The highest BCUT2D eigenvalue weighted by Crippen LogP contribution is 2.34. The molecule has 2 aromatic rings. The van der Waals surface area contributed by atoms with Crippen LogP contribution < -0.4 is 4.74 Å². The van der Waals surface area contributed by atoms with Crippen LogP contribution in [0.2, 0.25) is 0 Å². The Morgan fingerprint density at radius 3 is 2.27 bits per heavy atom. The lowest BCUT2D eigenvalue weighted by molar-refractivity contribution is 0.0726. The molecule has 0 radical (unpaired) electrons. The summed E-state index contributed by atoms with van der Waals surface area (Å²) >= 11 is 0. The van der Waals surface area contributed by atoms with Gasteiger partial charge in [0.05, 0.1) is 5.56 Å². The number of carbonyl (C=O) groups is 1. The lowest BCUT2D eigenvalue weighted by Gasteiger charge is -2.28. The maximum Gasteiger partial charge on any atom is 0.343 e. The third-order valence-corrected chi connectivity index (χ3v) is 6.33. The average molecular weight is 415 g/mol. The number of hydrogen-bond donors (Lipinski definition) is 0. The number of hydrogen-bond acceptors (Lipinski definition) is 2. The zero-order chi connectivity index (χ0) is 21.3. The smallest absolute Gasteiger partial charge is 0.343 e. The van der Waals surface area contributed by atoms with Crippen LogP contribution in [0, 0.1) is 23.5 Å².